The van der Waals surface area contributed by atoms with Crippen LogP contribution < -0.4 is 5.32 Å². The van der Waals surface area contributed by atoms with Crippen molar-refractivity contribution in [2.45, 2.75) is 33.6 Å². The van der Waals surface area contributed by atoms with E-state index in [-0.39, 0.29) is 11.8 Å². The zero-order valence-corrected chi connectivity index (χ0v) is 19.0. The van der Waals surface area contributed by atoms with E-state index in [1.165, 1.54) is 14.2 Å². The molecule has 0 saturated heterocycles. The lowest BCUT2D eigenvalue weighted by Crippen LogP contribution is -2.36. The van der Waals surface area contributed by atoms with Crippen LogP contribution in [0.15, 0.2) is 54.6 Å². The minimum atomic E-state index is -1.12. The number of nitrogens with one attached hydrogen (secondary N) is 1. The Balaban J connectivity index is 2.63. The number of carbonyl (C=O) groups excluding carboxylic acids is 3. The van der Waals surface area contributed by atoms with Crippen molar-refractivity contribution in [1.82, 2.24) is 0 Å². The van der Waals surface area contributed by atoms with Crippen LogP contribution in [0.1, 0.15) is 44.7 Å². The largest absolute Gasteiger partial charge is 0.468 e. The summed E-state index contributed by atoms with van der Waals surface area (Å²) >= 11 is 0. The van der Waals surface area contributed by atoms with E-state index >= 15 is 0 Å². The highest BCUT2D eigenvalue weighted by Gasteiger charge is 2.40. The number of methoxy groups -OCH3 is 2. The predicted molar refractivity (Wildman–Crippen MR) is 119 cm³/mol. The highest BCUT2D eigenvalue weighted by Crippen LogP contribution is 2.40. The van der Waals surface area contributed by atoms with Gasteiger partial charge in [0.1, 0.15) is 0 Å². The van der Waals surface area contributed by atoms with Crippen LogP contribution in [0.3, 0.4) is 0 Å². The first-order chi connectivity index (χ1) is 14.6. The average Bonchev–Trinajstić information content (AvgIpc) is 2.75. The molecule has 31 heavy (non-hydrogen) atoms. The van der Waals surface area contributed by atoms with E-state index in [9.17, 15) is 14.4 Å². The summed E-state index contributed by atoms with van der Waals surface area (Å²) in [4.78, 5) is 37.7. The van der Waals surface area contributed by atoms with Gasteiger partial charge in [0.05, 0.1) is 14.2 Å². The van der Waals surface area contributed by atoms with E-state index < -0.39 is 29.2 Å². The summed E-state index contributed by atoms with van der Waals surface area (Å²) in [5.74, 6) is -3.44. The molecule has 0 spiro atoms. The molecule has 0 bridgehead atoms. The molecule has 166 valence electrons. The molecule has 0 aliphatic rings. The van der Waals surface area contributed by atoms with Crippen molar-refractivity contribution in [2.75, 3.05) is 19.5 Å². The van der Waals surface area contributed by atoms with Crippen LogP contribution in [0.4, 0.5) is 5.69 Å². The summed E-state index contributed by atoms with van der Waals surface area (Å²) in [6, 6.07) is 17.0. The number of rotatable bonds is 7. The first-order valence-electron chi connectivity index (χ1n) is 10.2. The van der Waals surface area contributed by atoms with Crippen LogP contribution in [0.2, 0.25) is 0 Å². The van der Waals surface area contributed by atoms with E-state index in [2.05, 4.69) is 5.32 Å². The standard InChI is InChI=1S/C25H31NO5/c1-16(21(22(27)30-5)23(28)31-6)20(17-12-8-7-9-13-17)18-14-10-11-15-19(18)26-24(29)25(2,3)4/h7-16,20-21H,1-6H3,(H,26,29)/t16-,20-/m1/s1. The van der Waals surface area contributed by atoms with Crippen LogP contribution in [0, 0.1) is 17.3 Å². The Hall–Kier alpha value is -3.15. The maximum absolute atomic E-state index is 12.7. The lowest BCUT2D eigenvalue weighted by molar-refractivity contribution is -0.161. The zero-order valence-electron chi connectivity index (χ0n) is 19.0. The Bertz CT molecular complexity index is 901. The summed E-state index contributed by atoms with van der Waals surface area (Å²) in [6.45, 7) is 7.34. The van der Waals surface area contributed by atoms with Crippen molar-refractivity contribution in [3.8, 4) is 0 Å². The van der Waals surface area contributed by atoms with Gasteiger partial charge in [0.15, 0.2) is 5.92 Å². The maximum atomic E-state index is 12.7. The molecule has 0 fully saturated rings. The van der Waals surface area contributed by atoms with Gasteiger partial charge in [0.2, 0.25) is 5.91 Å². The summed E-state index contributed by atoms with van der Waals surface area (Å²) in [5.41, 5.74) is 1.76. The topological polar surface area (TPSA) is 81.7 Å². The first kappa shape index (κ1) is 24.1. The quantitative estimate of drug-likeness (QED) is 0.525. The van der Waals surface area contributed by atoms with Gasteiger partial charge in [0.25, 0.3) is 0 Å². The fourth-order valence-electron chi connectivity index (χ4n) is 3.59. The van der Waals surface area contributed by atoms with E-state index in [0.717, 1.165) is 11.1 Å². The lowest BCUT2D eigenvalue weighted by atomic mass is 9.74. The molecule has 0 heterocycles. The maximum Gasteiger partial charge on any atom is 0.320 e. The fraction of sp³-hybridized carbons (Fsp3) is 0.400. The van der Waals surface area contributed by atoms with Gasteiger partial charge < -0.3 is 14.8 Å². The van der Waals surface area contributed by atoms with Crippen molar-refractivity contribution >= 4 is 23.5 Å². The minimum absolute atomic E-state index is 0.128. The second-order valence-corrected chi connectivity index (χ2v) is 8.56. The third-order valence-corrected chi connectivity index (χ3v) is 5.35. The molecule has 0 aliphatic carbocycles. The molecule has 2 atom stereocenters. The van der Waals surface area contributed by atoms with E-state index in [4.69, 9.17) is 9.47 Å². The van der Waals surface area contributed by atoms with Crippen LogP contribution >= 0.6 is 0 Å². The van der Waals surface area contributed by atoms with Gasteiger partial charge >= 0.3 is 11.9 Å². The molecule has 0 saturated carbocycles. The van der Waals surface area contributed by atoms with Crippen molar-refractivity contribution in [1.29, 1.82) is 0 Å². The molecule has 1 N–H and O–H groups in total. The van der Waals surface area contributed by atoms with Crippen molar-refractivity contribution in [2.24, 2.45) is 17.3 Å². The molecule has 6 heteroatoms. The molecular weight excluding hydrogens is 394 g/mol. The molecule has 2 aromatic carbocycles. The average molecular weight is 426 g/mol. The van der Waals surface area contributed by atoms with Gasteiger partial charge in [0, 0.05) is 17.0 Å². The summed E-state index contributed by atoms with van der Waals surface area (Å²) in [6.07, 6.45) is 0. The highest BCUT2D eigenvalue weighted by atomic mass is 16.5. The fourth-order valence-corrected chi connectivity index (χ4v) is 3.59. The summed E-state index contributed by atoms with van der Waals surface area (Å²) in [7, 11) is 2.50. The third-order valence-electron chi connectivity index (χ3n) is 5.35. The number of anilines is 1. The van der Waals surface area contributed by atoms with Gasteiger partial charge in [-0.1, -0.05) is 76.2 Å². The number of ether oxygens (including phenoxy) is 2. The first-order valence-corrected chi connectivity index (χ1v) is 10.2. The molecule has 0 unspecified atom stereocenters. The second-order valence-electron chi connectivity index (χ2n) is 8.56. The van der Waals surface area contributed by atoms with Gasteiger partial charge in [-0.2, -0.15) is 0 Å². The number of hydrogen-bond donors (Lipinski definition) is 1. The van der Waals surface area contributed by atoms with E-state index in [1.807, 2.05) is 82.3 Å². The van der Waals surface area contributed by atoms with E-state index in [1.54, 1.807) is 0 Å². The third kappa shape index (κ3) is 5.72. The molecule has 1 amide bonds. The number of esters is 2. The Kier molecular flexibility index (Phi) is 7.97. The van der Waals surface area contributed by atoms with Crippen molar-refractivity contribution in [3.63, 3.8) is 0 Å². The zero-order chi connectivity index (χ0) is 23.2. The number of carbonyl (C=O) groups is 3. The smallest absolute Gasteiger partial charge is 0.320 e. The number of amides is 1. The lowest BCUT2D eigenvalue weighted by Gasteiger charge is -2.31. The Morgan fingerprint density at radius 1 is 0.839 bits per heavy atom. The van der Waals surface area contributed by atoms with Gasteiger partial charge in [-0.15, -0.1) is 0 Å². The molecule has 6 nitrogen and oxygen atoms in total. The molecule has 0 aromatic heterocycles. The van der Waals surface area contributed by atoms with Crippen molar-refractivity contribution in [3.05, 3.63) is 65.7 Å². The summed E-state index contributed by atoms with van der Waals surface area (Å²) in [5, 5.41) is 3.01. The van der Waals surface area contributed by atoms with Gasteiger partial charge in [-0.3, -0.25) is 14.4 Å². The van der Waals surface area contributed by atoms with E-state index in [0.29, 0.717) is 5.69 Å². The number of hydrogen-bond acceptors (Lipinski definition) is 5. The van der Waals surface area contributed by atoms with Crippen LogP contribution in [0.25, 0.3) is 0 Å². The highest BCUT2D eigenvalue weighted by molar-refractivity contribution is 5.96. The molecule has 2 rings (SSSR count). The summed E-state index contributed by atoms with van der Waals surface area (Å²) < 4.78 is 9.82. The minimum Gasteiger partial charge on any atom is -0.468 e. The van der Waals surface area contributed by atoms with Gasteiger partial charge in [-0.05, 0) is 23.1 Å². The normalized spacial score (nSPS) is 13.3. The SMILES string of the molecule is COC(=O)C(C(=O)OC)[C@H](C)[C@H](c1ccccc1)c1ccccc1NC(=O)C(C)(C)C. The van der Waals surface area contributed by atoms with Crippen molar-refractivity contribution < 1.29 is 23.9 Å². The molecule has 0 radical (unpaired) electrons. The second kappa shape index (κ2) is 10.2. The Labute approximate surface area is 183 Å². The van der Waals surface area contributed by atoms with Crippen LogP contribution in [-0.2, 0) is 23.9 Å². The molecule has 0 aliphatic heterocycles. The predicted octanol–water partition coefficient (Wildman–Crippen LogP) is 4.40. The molecular formula is C25H31NO5. The monoisotopic (exact) mass is 425 g/mol. The van der Waals surface area contributed by atoms with Crippen LogP contribution in [-0.4, -0.2) is 32.1 Å². The number of benzene rings is 2. The molecule has 2 aromatic rings. The van der Waals surface area contributed by atoms with Crippen LogP contribution in [0.5, 0.6) is 0 Å². The Morgan fingerprint density at radius 2 is 1.35 bits per heavy atom. The van der Waals surface area contributed by atoms with Gasteiger partial charge in [-0.25, -0.2) is 0 Å². The Morgan fingerprint density at radius 3 is 1.87 bits per heavy atom. The number of para-hydroxylation sites is 1.